The normalized spacial score (nSPS) is 13.9. The molecule has 0 saturated heterocycles. The SMILES string of the molecule is CCCCCCCCCCCCC/C=C/[C@@H](O)[C@H](CO)n1cc(CCCC)nn1. The van der Waals surface area contributed by atoms with Crippen molar-refractivity contribution in [1.82, 2.24) is 15.0 Å². The molecule has 1 rings (SSSR count). The van der Waals surface area contributed by atoms with Crippen molar-refractivity contribution in [1.29, 1.82) is 0 Å². The van der Waals surface area contributed by atoms with E-state index in [1.165, 1.54) is 64.2 Å². The smallest absolute Gasteiger partial charge is 0.106 e. The number of nitrogens with zero attached hydrogens (tertiary/aromatic N) is 3. The summed E-state index contributed by atoms with van der Waals surface area (Å²) in [6, 6.07) is -0.466. The van der Waals surface area contributed by atoms with E-state index in [1.807, 2.05) is 12.3 Å². The first-order valence-corrected chi connectivity index (χ1v) is 12.1. The van der Waals surface area contributed by atoms with Gasteiger partial charge >= 0.3 is 0 Å². The minimum atomic E-state index is -0.742. The first-order valence-electron chi connectivity index (χ1n) is 12.1. The van der Waals surface area contributed by atoms with Crippen molar-refractivity contribution >= 4 is 0 Å². The second kappa shape index (κ2) is 17.6. The number of unbranched alkanes of at least 4 members (excludes halogenated alkanes) is 12. The van der Waals surface area contributed by atoms with E-state index in [0.29, 0.717) is 0 Å². The van der Waals surface area contributed by atoms with Gasteiger partial charge in [-0.25, -0.2) is 4.68 Å². The Morgan fingerprint density at radius 2 is 1.48 bits per heavy atom. The van der Waals surface area contributed by atoms with Gasteiger partial charge in [0.25, 0.3) is 0 Å². The molecule has 0 aliphatic carbocycles. The van der Waals surface area contributed by atoms with Crippen LogP contribution >= 0.6 is 0 Å². The highest BCUT2D eigenvalue weighted by Gasteiger charge is 2.19. The zero-order valence-corrected chi connectivity index (χ0v) is 18.9. The van der Waals surface area contributed by atoms with Gasteiger partial charge in [0.15, 0.2) is 0 Å². The molecule has 0 fully saturated rings. The number of aliphatic hydroxyl groups is 2. The second-order valence-electron chi connectivity index (χ2n) is 8.29. The maximum absolute atomic E-state index is 10.4. The molecule has 1 aromatic heterocycles. The Hall–Kier alpha value is -1.20. The number of hydrogen-bond acceptors (Lipinski definition) is 4. The maximum Gasteiger partial charge on any atom is 0.106 e. The zero-order chi connectivity index (χ0) is 21.2. The predicted molar refractivity (Wildman–Crippen MR) is 121 cm³/mol. The molecule has 1 aromatic rings. The number of aryl methyl sites for hydroxylation is 1. The van der Waals surface area contributed by atoms with Gasteiger partial charge < -0.3 is 10.2 Å². The van der Waals surface area contributed by atoms with Crippen molar-refractivity contribution in [2.75, 3.05) is 6.61 Å². The maximum atomic E-state index is 10.4. The lowest BCUT2D eigenvalue weighted by Gasteiger charge is -2.17. The summed E-state index contributed by atoms with van der Waals surface area (Å²) < 4.78 is 1.60. The molecule has 5 heteroatoms. The predicted octanol–water partition coefficient (Wildman–Crippen LogP) is 5.77. The van der Waals surface area contributed by atoms with Gasteiger partial charge in [0.05, 0.1) is 18.4 Å². The first kappa shape index (κ1) is 25.8. The van der Waals surface area contributed by atoms with Gasteiger partial charge in [-0.05, 0) is 25.7 Å². The van der Waals surface area contributed by atoms with E-state index in [-0.39, 0.29) is 6.61 Å². The van der Waals surface area contributed by atoms with Crippen LogP contribution in [0.4, 0.5) is 0 Å². The number of aromatic nitrogens is 3. The molecule has 0 bridgehead atoms. The minimum absolute atomic E-state index is 0.152. The van der Waals surface area contributed by atoms with E-state index in [4.69, 9.17) is 0 Å². The number of hydrogen-bond donors (Lipinski definition) is 2. The van der Waals surface area contributed by atoms with Crippen LogP contribution in [0.5, 0.6) is 0 Å². The van der Waals surface area contributed by atoms with E-state index < -0.39 is 12.1 Å². The van der Waals surface area contributed by atoms with Crippen LogP contribution in [0.25, 0.3) is 0 Å². The van der Waals surface area contributed by atoms with Crippen LogP contribution in [0.1, 0.15) is 115 Å². The fraction of sp³-hybridized carbons (Fsp3) is 0.833. The Morgan fingerprint density at radius 1 is 0.897 bits per heavy atom. The van der Waals surface area contributed by atoms with Crippen LogP contribution in [0, 0.1) is 0 Å². The summed E-state index contributed by atoms with van der Waals surface area (Å²) in [6.07, 6.45) is 23.7. The van der Waals surface area contributed by atoms with Crippen LogP contribution in [0.15, 0.2) is 18.3 Å². The Morgan fingerprint density at radius 3 is 2.07 bits per heavy atom. The molecule has 0 unspecified atom stereocenters. The molecule has 0 aliphatic heterocycles. The number of aliphatic hydroxyl groups excluding tert-OH is 2. The van der Waals surface area contributed by atoms with Gasteiger partial charge in [-0.3, -0.25) is 0 Å². The highest BCUT2D eigenvalue weighted by Crippen LogP contribution is 2.15. The van der Waals surface area contributed by atoms with Gasteiger partial charge in [0, 0.05) is 6.20 Å². The highest BCUT2D eigenvalue weighted by atomic mass is 16.3. The van der Waals surface area contributed by atoms with Crippen LogP contribution in [-0.2, 0) is 6.42 Å². The summed E-state index contributed by atoms with van der Waals surface area (Å²) in [5.74, 6) is 0. The van der Waals surface area contributed by atoms with Crippen molar-refractivity contribution in [3.8, 4) is 0 Å². The highest BCUT2D eigenvalue weighted by molar-refractivity contribution is 4.98. The molecule has 168 valence electrons. The van der Waals surface area contributed by atoms with Crippen molar-refractivity contribution in [3.63, 3.8) is 0 Å². The van der Waals surface area contributed by atoms with Crippen LogP contribution in [0.3, 0.4) is 0 Å². The molecule has 0 aliphatic rings. The zero-order valence-electron chi connectivity index (χ0n) is 18.9. The van der Waals surface area contributed by atoms with Gasteiger partial charge in [-0.2, -0.15) is 0 Å². The molecule has 2 atom stereocenters. The summed E-state index contributed by atoms with van der Waals surface area (Å²) in [4.78, 5) is 0. The Kier molecular flexibility index (Phi) is 15.7. The molecule has 0 amide bonds. The van der Waals surface area contributed by atoms with Crippen LogP contribution in [0.2, 0.25) is 0 Å². The third-order valence-corrected chi connectivity index (χ3v) is 5.57. The molecular formula is C24H45N3O2. The van der Waals surface area contributed by atoms with Crippen LogP contribution in [-0.4, -0.2) is 37.9 Å². The third kappa shape index (κ3) is 12.2. The van der Waals surface area contributed by atoms with Gasteiger partial charge in [0.2, 0.25) is 0 Å². The Bertz CT molecular complexity index is 516. The van der Waals surface area contributed by atoms with E-state index in [0.717, 1.165) is 37.8 Å². The summed E-state index contributed by atoms with van der Waals surface area (Å²) in [6.45, 7) is 4.26. The first-order chi connectivity index (χ1) is 14.2. The molecule has 1 heterocycles. The quantitative estimate of drug-likeness (QED) is 0.225. The van der Waals surface area contributed by atoms with E-state index in [2.05, 4.69) is 24.2 Å². The molecule has 0 radical (unpaired) electrons. The Labute approximate surface area is 178 Å². The van der Waals surface area contributed by atoms with Gasteiger partial charge in [-0.1, -0.05) is 102 Å². The lowest BCUT2D eigenvalue weighted by atomic mass is 10.0. The lowest BCUT2D eigenvalue weighted by Crippen LogP contribution is -2.26. The monoisotopic (exact) mass is 407 g/mol. The summed E-state index contributed by atoms with van der Waals surface area (Å²) >= 11 is 0. The fourth-order valence-corrected chi connectivity index (χ4v) is 3.59. The molecule has 29 heavy (non-hydrogen) atoms. The summed E-state index contributed by atoms with van der Waals surface area (Å²) in [5, 5.41) is 28.3. The summed E-state index contributed by atoms with van der Waals surface area (Å²) in [5.41, 5.74) is 0.919. The third-order valence-electron chi connectivity index (χ3n) is 5.57. The van der Waals surface area contributed by atoms with Crippen molar-refractivity contribution in [3.05, 3.63) is 24.0 Å². The molecule has 0 spiro atoms. The fourth-order valence-electron chi connectivity index (χ4n) is 3.59. The largest absolute Gasteiger partial charge is 0.394 e. The average molecular weight is 408 g/mol. The standard InChI is InChI=1S/C24H45N3O2/c1-3-5-7-8-9-10-11-12-13-14-15-16-17-19-24(29)23(21-28)27-20-22(25-26-27)18-6-4-2/h17,19-20,23-24,28-29H,3-16,18,21H2,1-2H3/b19-17+/t23-,24+/m0/s1. The average Bonchev–Trinajstić information content (AvgIpc) is 3.19. The van der Waals surface area contributed by atoms with E-state index in [9.17, 15) is 10.2 Å². The van der Waals surface area contributed by atoms with Crippen molar-refractivity contribution in [2.24, 2.45) is 0 Å². The Balaban J connectivity index is 2.12. The van der Waals surface area contributed by atoms with Crippen LogP contribution < -0.4 is 0 Å². The van der Waals surface area contributed by atoms with Gasteiger partial charge in [0.1, 0.15) is 6.04 Å². The van der Waals surface area contributed by atoms with E-state index >= 15 is 0 Å². The molecule has 0 saturated carbocycles. The molecule has 0 aromatic carbocycles. The molecular weight excluding hydrogens is 362 g/mol. The topological polar surface area (TPSA) is 71.2 Å². The lowest BCUT2D eigenvalue weighted by molar-refractivity contribution is 0.0974. The molecule has 5 nitrogen and oxygen atoms in total. The summed E-state index contributed by atoms with van der Waals surface area (Å²) in [7, 11) is 0. The number of rotatable bonds is 19. The minimum Gasteiger partial charge on any atom is -0.394 e. The van der Waals surface area contributed by atoms with Gasteiger partial charge in [-0.15, -0.1) is 5.10 Å². The molecule has 2 N–H and O–H groups in total. The van der Waals surface area contributed by atoms with E-state index in [1.54, 1.807) is 10.8 Å². The number of allylic oxidation sites excluding steroid dienone is 1. The van der Waals surface area contributed by atoms with Crippen molar-refractivity contribution < 1.29 is 10.2 Å². The van der Waals surface area contributed by atoms with Crippen molar-refractivity contribution in [2.45, 2.75) is 122 Å². The second-order valence-corrected chi connectivity index (χ2v) is 8.29.